The molecule has 1 rings (SSSR count). The molecule has 6 nitrogen and oxygen atoms in total. The zero-order valence-electron chi connectivity index (χ0n) is 6.60. The summed E-state index contributed by atoms with van der Waals surface area (Å²) in [5.41, 5.74) is 0.677. The second-order valence-electron chi connectivity index (χ2n) is 2.33. The van der Waals surface area contributed by atoms with Gasteiger partial charge in [0.15, 0.2) is 0 Å². The van der Waals surface area contributed by atoms with Crippen LogP contribution < -0.4 is 0 Å². The standard InChI is InChI=1S/C6H9N3O3/c1-5-4-7-6(9(11)12)8(5)2-3-10/h4,10H,2-3H2,1H3. The first-order valence-electron chi connectivity index (χ1n) is 3.44. The summed E-state index contributed by atoms with van der Waals surface area (Å²) >= 11 is 0. The normalized spacial score (nSPS) is 10.2. The van der Waals surface area contributed by atoms with Gasteiger partial charge < -0.3 is 15.2 Å². The van der Waals surface area contributed by atoms with Crippen LogP contribution in [0, 0.1) is 17.0 Å². The van der Waals surface area contributed by atoms with E-state index in [1.165, 1.54) is 10.8 Å². The molecular weight excluding hydrogens is 162 g/mol. The van der Waals surface area contributed by atoms with Crippen LogP contribution in [0.5, 0.6) is 0 Å². The van der Waals surface area contributed by atoms with Crippen molar-refractivity contribution < 1.29 is 10.0 Å². The molecule has 0 radical (unpaired) electrons. The maximum atomic E-state index is 10.4. The van der Waals surface area contributed by atoms with Gasteiger partial charge in [-0.2, -0.15) is 0 Å². The topological polar surface area (TPSA) is 81.2 Å². The van der Waals surface area contributed by atoms with Gasteiger partial charge in [0.05, 0.1) is 13.2 Å². The maximum Gasteiger partial charge on any atom is 0.434 e. The van der Waals surface area contributed by atoms with Crippen LogP contribution in [0.1, 0.15) is 5.69 Å². The average Bonchev–Trinajstić information content (AvgIpc) is 2.34. The van der Waals surface area contributed by atoms with E-state index in [2.05, 4.69) is 4.98 Å². The number of aryl methyl sites for hydroxylation is 1. The van der Waals surface area contributed by atoms with Crippen LogP contribution in [0.2, 0.25) is 0 Å². The molecule has 0 bridgehead atoms. The molecule has 0 aromatic carbocycles. The number of nitro groups is 1. The van der Waals surface area contributed by atoms with Crippen molar-refractivity contribution in [2.45, 2.75) is 13.5 Å². The molecule has 0 spiro atoms. The predicted molar refractivity (Wildman–Crippen MR) is 40.7 cm³/mol. The van der Waals surface area contributed by atoms with Crippen molar-refractivity contribution in [1.29, 1.82) is 0 Å². The fourth-order valence-electron chi connectivity index (χ4n) is 0.970. The van der Waals surface area contributed by atoms with Crippen molar-refractivity contribution in [3.8, 4) is 0 Å². The first-order chi connectivity index (χ1) is 5.66. The molecule has 0 atom stereocenters. The second kappa shape index (κ2) is 3.31. The third kappa shape index (κ3) is 1.42. The highest BCUT2D eigenvalue weighted by molar-refractivity contribution is 5.13. The van der Waals surface area contributed by atoms with Crippen molar-refractivity contribution in [3.63, 3.8) is 0 Å². The molecule has 0 aliphatic heterocycles. The lowest BCUT2D eigenvalue weighted by atomic mass is 10.5. The monoisotopic (exact) mass is 171 g/mol. The third-order valence-corrected chi connectivity index (χ3v) is 1.52. The number of aliphatic hydroxyl groups excluding tert-OH is 1. The first-order valence-corrected chi connectivity index (χ1v) is 3.44. The Hall–Kier alpha value is -1.43. The molecule has 0 aliphatic carbocycles. The van der Waals surface area contributed by atoms with E-state index in [9.17, 15) is 10.1 Å². The highest BCUT2D eigenvalue weighted by Crippen LogP contribution is 2.11. The van der Waals surface area contributed by atoms with Gasteiger partial charge in [0, 0.05) is 0 Å². The lowest BCUT2D eigenvalue weighted by Crippen LogP contribution is -2.07. The quantitative estimate of drug-likeness (QED) is 0.516. The Morgan fingerprint density at radius 3 is 3.00 bits per heavy atom. The van der Waals surface area contributed by atoms with Gasteiger partial charge in [-0.25, -0.2) is 4.57 Å². The largest absolute Gasteiger partial charge is 0.434 e. The number of rotatable bonds is 3. The molecule has 0 saturated carbocycles. The Morgan fingerprint density at radius 2 is 2.50 bits per heavy atom. The lowest BCUT2D eigenvalue weighted by Gasteiger charge is -1.99. The number of imidazole rings is 1. The fraction of sp³-hybridized carbons (Fsp3) is 0.500. The second-order valence-corrected chi connectivity index (χ2v) is 2.33. The van der Waals surface area contributed by atoms with Gasteiger partial charge in [-0.15, -0.1) is 0 Å². The zero-order chi connectivity index (χ0) is 9.14. The van der Waals surface area contributed by atoms with Gasteiger partial charge in [-0.3, -0.25) is 0 Å². The Kier molecular flexibility index (Phi) is 2.39. The smallest absolute Gasteiger partial charge is 0.393 e. The summed E-state index contributed by atoms with van der Waals surface area (Å²) in [5.74, 6) is -0.221. The summed E-state index contributed by atoms with van der Waals surface area (Å²) in [5, 5.41) is 18.9. The molecule has 0 amide bonds. The molecule has 1 N–H and O–H groups in total. The van der Waals surface area contributed by atoms with Crippen LogP contribution in [-0.4, -0.2) is 26.2 Å². The lowest BCUT2D eigenvalue weighted by molar-refractivity contribution is -0.396. The van der Waals surface area contributed by atoms with Crippen LogP contribution in [0.4, 0.5) is 5.95 Å². The predicted octanol–water partition coefficient (Wildman–Crippen LogP) is 0.0920. The minimum atomic E-state index is -0.567. The molecule has 0 saturated heterocycles. The summed E-state index contributed by atoms with van der Waals surface area (Å²) in [6.07, 6.45) is 1.41. The highest BCUT2D eigenvalue weighted by Gasteiger charge is 2.16. The summed E-state index contributed by atoms with van der Waals surface area (Å²) in [6.45, 7) is 1.79. The van der Waals surface area contributed by atoms with Crippen LogP contribution in [-0.2, 0) is 6.54 Å². The van der Waals surface area contributed by atoms with E-state index in [4.69, 9.17) is 5.11 Å². The fourth-order valence-corrected chi connectivity index (χ4v) is 0.970. The Bertz CT molecular complexity index is 294. The van der Waals surface area contributed by atoms with Gasteiger partial charge in [-0.1, -0.05) is 4.98 Å². The molecule has 1 heterocycles. The van der Waals surface area contributed by atoms with E-state index in [1.807, 2.05) is 0 Å². The third-order valence-electron chi connectivity index (χ3n) is 1.52. The van der Waals surface area contributed by atoms with E-state index in [1.54, 1.807) is 6.92 Å². The van der Waals surface area contributed by atoms with Crippen LogP contribution in [0.25, 0.3) is 0 Å². The average molecular weight is 171 g/mol. The van der Waals surface area contributed by atoms with Gasteiger partial charge in [-0.05, 0) is 11.8 Å². The molecule has 1 aromatic heterocycles. The van der Waals surface area contributed by atoms with Gasteiger partial charge >= 0.3 is 5.95 Å². The molecule has 1 aromatic rings. The van der Waals surface area contributed by atoms with Crippen molar-refractivity contribution in [2.75, 3.05) is 6.61 Å². The first kappa shape index (κ1) is 8.66. The SMILES string of the molecule is Cc1cnc([N+](=O)[O-])n1CCO. The summed E-state index contributed by atoms with van der Waals surface area (Å²) < 4.78 is 1.36. The molecule has 12 heavy (non-hydrogen) atoms. The van der Waals surface area contributed by atoms with E-state index in [0.29, 0.717) is 5.69 Å². The van der Waals surface area contributed by atoms with Crippen molar-refractivity contribution in [2.24, 2.45) is 0 Å². The van der Waals surface area contributed by atoms with Gasteiger partial charge in [0.1, 0.15) is 11.9 Å². The maximum absolute atomic E-state index is 10.4. The van der Waals surface area contributed by atoms with Crippen molar-refractivity contribution in [1.82, 2.24) is 9.55 Å². The van der Waals surface area contributed by atoms with Gasteiger partial charge in [0.2, 0.25) is 0 Å². The van der Waals surface area contributed by atoms with Gasteiger partial charge in [0.25, 0.3) is 0 Å². The molecule has 6 heteroatoms. The Labute approximate surface area is 68.6 Å². The number of nitrogens with zero attached hydrogens (tertiary/aromatic N) is 3. The Morgan fingerprint density at radius 1 is 1.83 bits per heavy atom. The molecular formula is C6H9N3O3. The summed E-state index contributed by atoms with van der Waals surface area (Å²) in [4.78, 5) is 13.4. The van der Waals surface area contributed by atoms with Crippen LogP contribution >= 0.6 is 0 Å². The number of hydrogen-bond donors (Lipinski definition) is 1. The highest BCUT2D eigenvalue weighted by atomic mass is 16.6. The number of aromatic nitrogens is 2. The zero-order valence-corrected chi connectivity index (χ0v) is 6.60. The van der Waals surface area contributed by atoms with E-state index < -0.39 is 4.92 Å². The summed E-state index contributed by atoms with van der Waals surface area (Å²) in [7, 11) is 0. The van der Waals surface area contributed by atoms with Crippen molar-refractivity contribution >= 4 is 5.95 Å². The molecule has 0 aliphatic rings. The molecule has 66 valence electrons. The van der Waals surface area contributed by atoms with Crippen LogP contribution in [0.15, 0.2) is 6.20 Å². The number of aliphatic hydroxyl groups is 1. The van der Waals surface area contributed by atoms with E-state index >= 15 is 0 Å². The Balaban J connectivity index is 3.03. The van der Waals surface area contributed by atoms with E-state index in [0.717, 1.165) is 0 Å². The molecule has 0 unspecified atom stereocenters. The van der Waals surface area contributed by atoms with E-state index in [-0.39, 0.29) is 19.1 Å². The summed E-state index contributed by atoms with van der Waals surface area (Å²) in [6, 6.07) is 0. The minimum absolute atomic E-state index is 0.127. The molecule has 0 fully saturated rings. The number of hydrogen-bond acceptors (Lipinski definition) is 4. The van der Waals surface area contributed by atoms with Crippen LogP contribution in [0.3, 0.4) is 0 Å². The minimum Gasteiger partial charge on any atom is -0.393 e. The van der Waals surface area contributed by atoms with Crippen molar-refractivity contribution in [3.05, 3.63) is 22.0 Å².